The van der Waals surface area contributed by atoms with Crippen LogP contribution in [-0.4, -0.2) is 35.6 Å². The number of nitrogens with zero attached hydrogens (tertiary/aromatic N) is 1. The second-order valence-electron chi connectivity index (χ2n) is 5.52. The first-order chi connectivity index (χ1) is 11.6. The molecule has 0 radical (unpaired) electrons. The molecule has 5 nitrogen and oxygen atoms in total. The number of rotatable bonds is 8. The maximum absolute atomic E-state index is 13.1. The van der Waals surface area contributed by atoms with E-state index in [2.05, 4.69) is 5.32 Å². The molecule has 0 atom stereocenters. The molecular formula is C18H22FN3O2. The van der Waals surface area contributed by atoms with E-state index in [9.17, 15) is 14.3 Å². The molecule has 1 amide bonds. The molecule has 24 heavy (non-hydrogen) atoms. The number of hydrogen-bond acceptors (Lipinski definition) is 4. The fourth-order valence-electron chi connectivity index (χ4n) is 2.36. The Hall–Kier alpha value is -2.44. The van der Waals surface area contributed by atoms with Crippen molar-refractivity contribution in [3.8, 4) is 0 Å². The van der Waals surface area contributed by atoms with Crippen LogP contribution in [0.25, 0.3) is 0 Å². The SMILES string of the molecule is Nc1cc(NC(=O)CCN(CCO)Cc2ccccc2)ccc1F. The Labute approximate surface area is 140 Å². The molecule has 6 heteroatoms. The van der Waals surface area contributed by atoms with Gasteiger partial charge in [-0.05, 0) is 23.8 Å². The Kier molecular flexibility index (Phi) is 6.72. The van der Waals surface area contributed by atoms with E-state index in [1.54, 1.807) is 0 Å². The number of aliphatic hydroxyl groups is 1. The van der Waals surface area contributed by atoms with Gasteiger partial charge in [0.05, 0.1) is 12.3 Å². The minimum atomic E-state index is -0.509. The smallest absolute Gasteiger partial charge is 0.225 e. The maximum atomic E-state index is 13.1. The molecule has 0 unspecified atom stereocenters. The van der Waals surface area contributed by atoms with E-state index in [1.165, 1.54) is 18.2 Å². The average molecular weight is 331 g/mol. The van der Waals surface area contributed by atoms with Crippen LogP contribution < -0.4 is 11.1 Å². The average Bonchev–Trinajstić information content (AvgIpc) is 2.57. The van der Waals surface area contributed by atoms with Crippen molar-refractivity contribution < 1.29 is 14.3 Å². The highest BCUT2D eigenvalue weighted by Crippen LogP contribution is 2.16. The van der Waals surface area contributed by atoms with Crippen molar-refractivity contribution in [1.82, 2.24) is 4.90 Å². The first-order valence-electron chi connectivity index (χ1n) is 7.80. The highest BCUT2D eigenvalue weighted by Gasteiger charge is 2.10. The highest BCUT2D eigenvalue weighted by molar-refractivity contribution is 5.91. The van der Waals surface area contributed by atoms with E-state index in [-0.39, 0.29) is 24.6 Å². The summed E-state index contributed by atoms with van der Waals surface area (Å²) in [5.41, 5.74) is 7.07. The Morgan fingerprint density at radius 3 is 2.58 bits per heavy atom. The highest BCUT2D eigenvalue weighted by atomic mass is 19.1. The zero-order chi connectivity index (χ0) is 17.4. The number of nitrogen functional groups attached to an aromatic ring is 1. The largest absolute Gasteiger partial charge is 0.396 e. The molecule has 0 heterocycles. The summed E-state index contributed by atoms with van der Waals surface area (Å²) in [7, 11) is 0. The molecule has 0 bridgehead atoms. The zero-order valence-corrected chi connectivity index (χ0v) is 13.4. The van der Waals surface area contributed by atoms with Crippen molar-refractivity contribution in [2.45, 2.75) is 13.0 Å². The van der Waals surface area contributed by atoms with E-state index in [0.29, 0.717) is 25.3 Å². The Morgan fingerprint density at radius 1 is 1.17 bits per heavy atom. The quantitative estimate of drug-likeness (QED) is 0.648. The lowest BCUT2D eigenvalue weighted by atomic mass is 10.2. The third kappa shape index (κ3) is 5.64. The van der Waals surface area contributed by atoms with Gasteiger partial charge in [0.15, 0.2) is 0 Å². The lowest BCUT2D eigenvalue weighted by Gasteiger charge is -2.21. The number of hydrogen-bond donors (Lipinski definition) is 3. The number of benzene rings is 2. The van der Waals surface area contributed by atoms with Crippen LogP contribution >= 0.6 is 0 Å². The number of carbonyl (C=O) groups is 1. The summed E-state index contributed by atoms with van der Waals surface area (Å²) in [6, 6.07) is 14.0. The number of amides is 1. The van der Waals surface area contributed by atoms with E-state index in [4.69, 9.17) is 5.73 Å². The topological polar surface area (TPSA) is 78.6 Å². The van der Waals surface area contributed by atoms with E-state index >= 15 is 0 Å². The van der Waals surface area contributed by atoms with Gasteiger partial charge >= 0.3 is 0 Å². The summed E-state index contributed by atoms with van der Waals surface area (Å²) >= 11 is 0. The lowest BCUT2D eigenvalue weighted by Crippen LogP contribution is -2.30. The Bertz CT molecular complexity index is 665. The summed E-state index contributed by atoms with van der Waals surface area (Å²) in [5.74, 6) is -0.693. The fraction of sp³-hybridized carbons (Fsp3) is 0.278. The van der Waals surface area contributed by atoms with Crippen molar-refractivity contribution in [2.24, 2.45) is 0 Å². The second-order valence-corrected chi connectivity index (χ2v) is 5.52. The normalized spacial score (nSPS) is 10.8. The second kappa shape index (κ2) is 9.00. The van der Waals surface area contributed by atoms with Crippen molar-refractivity contribution in [3.63, 3.8) is 0 Å². The molecule has 0 aromatic heterocycles. The van der Waals surface area contributed by atoms with Gasteiger partial charge in [0.1, 0.15) is 5.82 Å². The molecule has 0 aliphatic rings. The van der Waals surface area contributed by atoms with Gasteiger partial charge in [-0.25, -0.2) is 4.39 Å². The minimum absolute atomic E-state index is 0.00113. The van der Waals surface area contributed by atoms with Crippen LogP contribution in [0.15, 0.2) is 48.5 Å². The van der Waals surface area contributed by atoms with E-state index < -0.39 is 5.82 Å². The van der Waals surface area contributed by atoms with Crippen LogP contribution in [0.2, 0.25) is 0 Å². The summed E-state index contributed by atoms with van der Waals surface area (Å²) in [4.78, 5) is 14.0. The van der Waals surface area contributed by atoms with Gasteiger partial charge in [-0.1, -0.05) is 30.3 Å². The zero-order valence-electron chi connectivity index (χ0n) is 13.4. The summed E-state index contributed by atoms with van der Waals surface area (Å²) in [6.45, 7) is 1.70. The van der Waals surface area contributed by atoms with E-state index in [0.717, 1.165) is 5.56 Å². The molecule has 0 saturated carbocycles. The van der Waals surface area contributed by atoms with Crippen LogP contribution in [0.5, 0.6) is 0 Å². The molecule has 0 aliphatic heterocycles. The molecule has 2 rings (SSSR count). The Morgan fingerprint density at radius 2 is 1.92 bits per heavy atom. The Balaban J connectivity index is 1.86. The molecular weight excluding hydrogens is 309 g/mol. The molecule has 128 valence electrons. The minimum Gasteiger partial charge on any atom is -0.396 e. The molecule has 2 aromatic rings. The van der Waals surface area contributed by atoms with Crippen LogP contribution in [-0.2, 0) is 11.3 Å². The maximum Gasteiger partial charge on any atom is 0.225 e. The van der Waals surface area contributed by atoms with Crippen molar-refractivity contribution in [3.05, 3.63) is 59.9 Å². The summed E-state index contributed by atoms with van der Waals surface area (Å²) in [5, 5.41) is 11.9. The van der Waals surface area contributed by atoms with Crippen LogP contribution in [0.1, 0.15) is 12.0 Å². The van der Waals surface area contributed by atoms with Gasteiger partial charge in [0, 0.05) is 31.7 Å². The number of nitrogens with one attached hydrogen (secondary N) is 1. The number of anilines is 2. The summed E-state index contributed by atoms with van der Waals surface area (Å²) < 4.78 is 13.1. The van der Waals surface area contributed by atoms with Gasteiger partial charge in [0.25, 0.3) is 0 Å². The van der Waals surface area contributed by atoms with Crippen LogP contribution in [0, 0.1) is 5.82 Å². The number of aliphatic hydroxyl groups excluding tert-OH is 1. The fourth-order valence-corrected chi connectivity index (χ4v) is 2.36. The van der Waals surface area contributed by atoms with Crippen molar-refractivity contribution in [1.29, 1.82) is 0 Å². The third-order valence-electron chi connectivity index (χ3n) is 3.60. The number of halogens is 1. The first-order valence-corrected chi connectivity index (χ1v) is 7.80. The van der Waals surface area contributed by atoms with Crippen LogP contribution in [0.3, 0.4) is 0 Å². The van der Waals surface area contributed by atoms with E-state index in [1.807, 2.05) is 35.2 Å². The number of carbonyl (C=O) groups excluding carboxylic acids is 1. The molecule has 0 spiro atoms. The predicted octanol–water partition coefficient (Wildman–Crippen LogP) is 2.23. The molecule has 4 N–H and O–H groups in total. The predicted molar refractivity (Wildman–Crippen MR) is 92.9 cm³/mol. The lowest BCUT2D eigenvalue weighted by molar-refractivity contribution is -0.116. The van der Waals surface area contributed by atoms with Gasteiger partial charge < -0.3 is 16.2 Å². The standard InChI is InChI=1S/C18H22FN3O2/c19-16-7-6-15(12-17(16)20)21-18(24)8-9-22(10-11-23)13-14-4-2-1-3-5-14/h1-7,12,23H,8-11,13,20H2,(H,21,24). The van der Waals surface area contributed by atoms with Gasteiger partial charge in [0.2, 0.25) is 5.91 Å². The van der Waals surface area contributed by atoms with Crippen LogP contribution in [0.4, 0.5) is 15.8 Å². The third-order valence-corrected chi connectivity index (χ3v) is 3.60. The van der Waals surface area contributed by atoms with Crippen molar-refractivity contribution in [2.75, 3.05) is 30.7 Å². The molecule has 0 fully saturated rings. The van der Waals surface area contributed by atoms with Gasteiger partial charge in [-0.3, -0.25) is 9.69 Å². The van der Waals surface area contributed by atoms with Crippen molar-refractivity contribution >= 4 is 17.3 Å². The van der Waals surface area contributed by atoms with Gasteiger partial charge in [-0.2, -0.15) is 0 Å². The molecule has 0 saturated heterocycles. The molecule has 0 aliphatic carbocycles. The molecule has 2 aromatic carbocycles. The van der Waals surface area contributed by atoms with Gasteiger partial charge in [-0.15, -0.1) is 0 Å². The summed E-state index contributed by atoms with van der Waals surface area (Å²) in [6.07, 6.45) is 0.268. The number of nitrogens with two attached hydrogens (primary N) is 1. The first kappa shape index (κ1) is 17.9. The monoisotopic (exact) mass is 331 g/mol.